The summed E-state index contributed by atoms with van der Waals surface area (Å²) in [7, 11) is 0. The number of aliphatic hydroxyl groups excluding tert-OH is 1. The predicted octanol–water partition coefficient (Wildman–Crippen LogP) is 6.07. The summed E-state index contributed by atoms with van der Waals surface area (Å²) in [5.41, 5.74) is 0.421. The van der Waals surface area contributed by atoms with Crippen LogP contribution in [0.1, 0.15) is 45.8 Å². The zero-order valence-corrected chi connectivity index (χ0v) is 15.2. The van der Waals surface area contributed by atoms with Gasteiger partial charge >= 0.3 is 12.4 Å². The Morgan fingerprint density at radius 1 is 0.966 bits per heavy atom. The Hall–Kier alpha value is -2.48. The molecule has 0 bridgehead atoms. The summed E-state index contributed by atoms with van der Waals surface area (Å²) in [6.07, 6.45) is -5.52. The van der Waals surface area contributed by atoms with E-state index < -0.39 is 23.5 Å². The first kappa shape index (κ1) is 21.2. The van der Waals surface area contributed by atoms with E-state index in [1.165, 1.54) is 0 Å². The van der Waals surface area contributed by atoms with Crippen molar-refractivity contribution in [2.45, 2.75) is 37.7 Å². The van der Waals surface area contributed by atoms with Crippen molar-refractivity contribution < 1.29 is 31.4 Å². The molecule has 2 aromatic rings. The molecule has 1 aliphatic rings. The molecular formula is C21H19F6NO. The first-order valence-electron chi connectivity index (χ1n) is 9.03. The van der Waals surface area contributed by atoms with Gasteiger partial charge < -0.3 is 10.4 Å². The van der Waals surface area contributed by atoms with Gasteiger partial charge in [-0.3, -0.25) is 0 Å². The fourth-order valence-corrected chi connectivity index (χ4v) is 3.59. The number of benzene rings is 2. The largest absolute Gasteiger partial charge is 0.516 e. The summed E-state index contributed by atoms with van der Waals surface area (Å²) in [5.74, 6) is 0. The van der Waals surface area contributed by atoms with Crippen molar-refractivity contribution in [2.75, 3.05) is 6.54 Å². The standard InChI is InChI=1S/C21H19F6NO/c22-20(23,24)16-10-14(11-17(12-16)21(25,26)27)5-7-28-19-4-2-15-9-13(6-8-29)1-3-18(15)19/h1,3,6,8-12,19,28-29H,2,4-5,7H2/b8-6-. The molecule has 156 valence electrons. The van der Waals surface area contributed by atoms with Crippen LogP contribution in [0.3, 0.4) is 0 Å². The number of hydrogen-bond acceptors (Lipinski definition) is 2. The van der Waals surface area contributed by atoms with Crippen LogP contribution < -0.4 is 5.32 Å². The van der Waals surface area contributed by atoms with Gasteiger partial charge in [0.05, 0.1) is 17.4 Å². The van der Waals surface area contributed by atoms with Crippen LogP contribution in [0.2, 0.25) is 0 Å². The van der Waals surface area contributed by atoms with Gasteiger partial charge in [-0.2, -0.15) is 26.3 Å². The Balaban J connectivity index is 1.70. The second-order valence-corrected chi connectivity index (χ2v) is 6.98. The van der Waals surface area contributed by atoms with Crippen LogP contribution in [0.15, 0.2) is 42.7 Å². The molecule has 0 heterocycles. The maximum atomic E-state index is 13.0. The van der Waals surface area contributed by atoms with E-state index in [0.717, 1.165) is 47.9 Å². The monoisotopic (exact) mass is 415 g/mol. The summed E-state index contributed by atoms with van der Waals surface area (Å²) in [4.78, 5) is 0. The minimum absolute atomic E-state index is 0.00922. The van der Waals surface area contributed by atoms with Gasteiger partial charge in [-0.25, -0.2) is 0 Å². The number of fused-ring (bicyclic) bond motifs is 1. The minimum Gasteiger partial charge on any atom is -0.516 e. The molecule has 3 rings (SSSR count). The first-order chi connectivity index (χ1) is 13.6. The molecule has 2 N–H and O–H groups in total. The van der Waals surface area contributed by atoms with Gasteiger partial charge in [0.2, 0.25) is 0 Å². The number of hydrogen-bond donors (Lipinski definition) is 2. The van der Waals surface area contributed by atoms with Crippen molar-refractivity contribution in [3.05, 3.63) is 76.0 Å². The van der Waals surface area contributed by atoms with Gasteiger partial charge in [-0.15, -0.1) is 0 Å². The molecule has 0 saturated heterocycles. The Kier molecular flexibility index (Phi) is 5.93. The second kappa shape index (κ2) is 8.10. The summed E-state index contributed by atoms with van der Waals surface area (Å²) in [6, 6.07) is 7.38. The van der Waals surface area contributed by atoms with E-state index in [1.54, 1.807) is 6.08 Å². The van der Waals surface area contributed by atoms with Crippen molar-refractivity contribution in [1.29, 1.82) is 0 Å². The maximum absolute atomic E-state index is 13.0. The fraction of sp³-hybridized carbons (Fsp3) is 0.333. The maximum Gasteiger partial charge on any atom is 0.416 e. The van der Waals surface area contributed by atoms with Crippen molar-refractivity contribution >= 4 is 6.08 Å². The van der Waals surface area contributed by atoms with Crippen LogP contribution in [0.4, 0.5) is 26.3 Å². The van der Waals surface area contributed by atoms with Gasteiger partial charge in [0.1, 0.15) is 0 Å². The highest BCUT2D eigenvalue weighted by atomic mass is 19.4. The third-order valence-electron chi connectivity index (χ3n) is 4.96. The SMILES string of the molecule is O/C=C\c1ccc2c(c1)CCC2NCCc1cc(C(F)(F)F)cc(C(F)(F)F)c1. The number of halogens is 6. The lowest BCUT2D eigenvalue weighted by Crippen LogP contribution is -2.22. The topological polar surface area (TPSA) is 32.3 Å². The lowest BCUT2D eigenvalue weighted by Gasteiger charge is -2.16. The van der Waals surface area contributed by atoms with Crippen LogP contribution in [-0.2, 0) is 25.2 Å². The molecule has 0 fully saturated rings. The Labute approximate surface area is 163 Å². The summed E-state index contributed by atoms with van der Waals surface area (Å²) >= 11 is 0. The van der Waals surface area contributed by atoms with Crippen LogP contribution in [0.5, 0.6) is 0 Å². The molecule has 0 radical (unpaired) electrons. The number of nitrogens with one attached hydrogen (secondary N) is 1. The lowest BCUT2D eigenvalue weighted by atomic mass is 10.0. The molecular weight excluding hydrogens is 396 g/mol. The van der Waals surface area contributed by atoms with Gasteiger partial charge in [0, 0.05) is 6.04 Å². The van der Waals surface area contributed by atoms with E-state index in [4.69, 9.17) is 5.11 Å². The van der Waals surface area contributed by atoms with Gasteiger partial charge in [0.25, 0.3) is 0 Å². The summed E-state index contributed by atoms with van der Waals surface area (Å²) < 4.78 is 77.7. The van der Waals surface area contributed by atoms with Crippen LogP contribution in [0.25, 0.3) is 6.08 Å². The van der Waals surface area contributed by atoms with E-state index in [-0.39, 0.29) is 30.6 Å². The number of alkyl halides is 6. The lowest BCUT2D eigenvalue weighted by molar-refractivity contribution is -0.143. The van der Waals surface area contributed by atoms with Gasteiger partial charge in [-0.05, 0) is 72.3 Å². The van der Waals surface area contributed by atoms with Crippen LogP contribution >= 0.6 is 0 Å². The molecule has 1 aliphatic carbocycles. The smallest absolute Gasteiger partial charge is 0.416 e. The highest BCUT2D eigenvalue weighted by molar-refractivity contribution is 5.52. The predicted molar refractivity (Wildman–Crippen MR) is 97.3 cm³/mol. The molecule has 0 aromatic heterocycles. The third kappa shape index (κ3) is 5.12. The van der Waals surface area contributed by atoms with Gasteiger partial charge in [0.15, 0.2) is 0 Å². The third-order valence-corrected chi connectivity index (χ3v) is 4.96. The summed E-state index contributed by atoms with van der Waals surface area (Å²) in [5, 5.41) is 12.1. The highest BCUT2D eigenvalue weighted by Crippen LogP contribution is 2.36. The Morgan fingerprint density at radius 3 is 2.21 bits per heavy atom. The van der Waals surface area contributed by atoms with Crippen molar-refractivity contribution in [3.8, 4) is 0 Å². The molecule has 1 atom stereocenters. The van der Waals surface area contributed by atoms with E-state index in [1.807, 2.05) is 18.2 Å². The quantitative estimate of drug-likeness (QED) is 0.459. The molecule has 1 unspecified atom stereocenters. The summed E-state index contributed by atoms with van der Waals surface area (Å²) in [6.45, 7) is 0.251. The van der Waals surface area contributed by atoms with E-state index in [2.05, 4.69) is 5.32 Å². The zero-order chi connectivity index (χ0) is 21.2. The van der Waals surface area contributed by atoms with E-state index >= 15 is 0 Å². The second-order valence-electron chi connectivity index (χ2n) is 6.98. The molecule has 0 saturated carbocycles. The molecule has 2 nitrogen and oxygen atoms in total. The fourth-order valence-electron chi connectivity index (χ4n) is 3.59. The Morgan fingerprint density at radius 2 is 1.62 bits per heavy atom. The first-order valence-corrected chi connectivity index (χ1v) is 9.03. The zero-order valence-electron chi connectivity index (χ0n) is 15.2. The van der Waals surface area contributed by atoms with Crippen molar-refractivity contribution in [1.82, 2.24) is 5.32 Å². The molecule has 8 heteroatoms. The minimum atomic E-state index is -4.84. The Bertz CT molecular complexity index is 869. The van der Waals surface area contributed by atoms with E-state index in [9.17, 15) is 26.3 Å². The highest BCUT2D eigenvalue weighted by Gasteiger charge is 2.36. The average Bonchev–Trinajstić information content (AvgIpc) is 3.03. The molecule has 0 spiro atoms. The van der Waals surface area contributed by atoms with E-state index in [0.29, 0.717) is 0 Å². The van der Waals surface area contributed by atoms with Crippen LogP contribution in [-0.4, -0.2) is 11.7 Å². The van der Waals surface area contributed by atoms with Crippen molar-refractivity contribution in [2.24, 2.45) is 0 Å². The molecule has 0 amide bonds. The van der Waals surface area contributed by atoms with Crippen molar-refractivity contribution in [3.63, 3.8) is 0 Å². The molecule has 0 aliphatic heterocycles. The number of rotatable bonds is 5. The van der Waals surface area contributed by atoms with Gasteiger partial charge in [-0.1, -0.05) is 18.2 Å². The molecule has 29 heavy (non-hydrogen) atoms. The normalized spacial score (nSPS) is 17.1. The average molecular weight is 415 g/mol. The molecule has 2 aromatic carbocycles. The number of aryl methyl sites for hydroxylation is 1. The van der Waals surface area contributed by atoms with Crippen LogP contribution in [0, 0.1) is 0 Å². The number of aliphatic hydroxyl groups is 1.